The number of likely N-dealkylation sites (tertiary alicyclic amines) is 1. The lowest BCUT2D eigenvalue weighted by Crippen LogP contribution is -2.32. The third-order valence-corrected chi connectivity index (χ3v) is 4.75. The number of fused-ring (bicyclic) bond motifs is 1. The molecule has 3 amide bonds. The Labute approximate surface area is 113 Å². The number of hydrazine groups is 1. The Morgan fingerprint density at radius 1 is 1.47 bits per heavy atom. The number of nitrogens with one attached hydrogen (secondary N) is 1. The summed E-state index contributed by atoms with van der Waals surface area (Å²) in [5.41, 5.74) is 2.90. The molecule has 6 nitrogen and oxygen atoms in total. The molecule has 3 N–H and O–H groups in total. The molecule has 0 aromatic carbocycles. The number of hydrogen-bond donors (Lipinski definition) is 2. The van der Waals surface area contributed by atoms with Crippen molar-refractivity contribution in [3.05, 3.63) is 21.4 Å². The second-order valence-corrected chi connectivity index (χ2v) is 6.13. The average Bonchev–Trinajstić information content (AvgIpc) is 3.06. The van der Waals surface area contributed by atoms with Crippen LogP contribution in [0.1, 0.15) is 26.5 Å². The number of nitrogens with zero attached hydrogens (tertiary/aromatic N) is 1. The highest BCUT2D eigenvalue weighted by atomic mass is 32.1. The molecule has 0 radical (unpaired) electrons. The maximum absolute atomic E-state index is 11.9. The van der Waals surface area contributed by atoms with E-state index in [2.05, 4.69) is 5.43 Å². The molecule has 1 aromatic heterocycles. The van der Waals surface area contributed by atoms with Gasteiger partial charge >= 0.3 is 0 Å². The van der Waals surface area contributed by atoms with Crippen molar-refractivity contribution in [1.82, 2.24) is 10.3 Å². The number of amides is 3. The van der Waals surface area contributed by atoms with Crippen molar-refractivity contribution in [1.29, 1.82) is 0 Å². The number of nitrogen functional groups attached to an aromatic ring is 1. The topological polar surface area (TPSA) is 92.5 Å². The normalized spacial score (nSPS) is 24.6. The van der Waals surface area contributed by atoms with Crippen molar-refractivity contribution < 1.29 is 14.4 Å². The van der Waals surface area contributed by atoms with Crippen molar-refractivity contribution in [2.24, 2.45) is 17.7 Å². The summed E-state index contributed by atoms with van der Waals surface area (Å²) in [5, 5.41) is 0. The fourth-order valence-electron chi connectivity index (χ4n) is 2.44. The number of aryl methyl sites for hydroxylation is 1. The van der Waals surface area contributed by atoms with Crippen molar-refractivity contribution in [3.8, 4) is 0 Å². The summed E-state index contributed by atoms with van der Waals surface area (Å²) in [7, 11) is 0. The fourth-order valence-corrected chi connectivity index (χ4v) is 3.37. The van der Waals surface area contributed by atoms with E-state index in [-0.39, 0.29) is 36.1 Å². The van der Waals surface area contributed by atoms with Gasteiger partial charge in [0.15, 0.2) is 0 Å². The first-order valence-corrected chi connectivity index (χ1v) is 6.80. The van der Waals surface area contributed by atoms with Gasteiger partial charge in [-0.1, -0.05) is 0 Å². The van der Waals surface area contributed by atoms with Crippen molar-refractivity contribution in [2.75, 3.05) is 0 Å². The summed E-state index contributed by atoms with van der Waals surface area (Å²) < 4.78 is 0. The van der Waals surface area contributed by atoms with Gasteiger partial charge in [0.1, 0.15) is 0 Å². The van der Waals surface area contributed by atoms with Gasteiger partial charge in [-0.05, 0) is 25.0 Å². The Balaban J connectivity index is 1.80. The summed E-state index contributed by atoms with van der Waals surface area (Å²) in [5.74, 6) is 4.40. The number of imide groups is 1. The van der Waals surface area contributed by atoms with E-state index in [4.69, 9.17) is 5.84 Å². The van der Waals surface area contributed by atoms with Crippen LogP contribution < -0.4 is 11.3 Å². The van der Waals surface area contributed by atoms with Gasteiger partial charge in [0, 0.05) is 4.88 Å². The zero-order chi connectivity index (χ0) is 13.7. The first kappa shape index (κ1) is 12.3. The van der Waals surface area contributed by atoms with Crippen LogP contribution in [0.5, 0.6) is 0 Å². The molecule has 2 atom stereocenters. The molecular formula is C12H13N3O3S. The number of hydrogen-bond acceptors (Lipinski definition) is 5. The maximum Gasteiger partial charge on any atom is 0.275 e. The van der Waals surface area contributed by atoms with Gasteiger partial charge in [0.2, 0.25) is 11.8 Å². The van der Waals surface area contributed by atoms with E-state index >= 15 is 0 Å². The van der Waals surface area contributed by atoms with Gasteiger partial charge in [-0.3, -0.25) is 24.7 Å². The first-order valence-electron chi connectivity index (χ1n) is 5.98. The summed E-state index contributed by atoms with van der Waals surface area (Å²) in [4.78, 5) is 37.9. The number of nitrogens with two attached hydrogens (primary N) is 1. The zero-order valence-corrected chi connectivity index (χ0v) is 11.1. The van der Waals surface area contributed by atoms with E-state index in [1.54, 1.807) is 6.07 Å². The van der Waals surface area contributed by atoms with Crippen LogP contribution in [0.3, 0.4) is 0 Å². The molecule has 2 heterocycles. The Morgan fingerprint density at radius 3 is 2.68 bits per heavy atom. The number of piperidine rings is 1. The van der Waals surface area contributed by atoms with Crippen LogP contribution in [0.15, 0.2) is 6.07 Å². The average molecular weight is 279 g/mol. The van der Waals surface area contributed by atoms with E-state index in [0.29, 0.717) is 11.3 Å². The van der Waals surface area contributed by atoms with Crippen LogP contribution in [-0.4, -0.2) is 22.6 Å². The number of thiophene rings is 1. The van der Waals surface area contributed by atoms with Gasteiger partial charge in [-0.2, -0.15) is 0 Å². The van der Waals surface area contributed by atoms with E-state index in [1.807, 2.05) is 6.92 Å². The van der Waals surface area contributed by atoms with Crippen molar-refractivity contribution in [3.63, 3.8) is 0 Å². The molecule has 1 saturated heterocycles. The highest BCUT2D eigenvalue weighted by Crippen LogP contribution is 2.47. The van der Waals surface area contributed by atoms with Crippen LogP contribution >= 0.6 is 11.3 Å². The molecule has 19 heavy (non-hydrogen) atoms. The van der Waals surface area contributed by atoms with Gasteiger partial charge < -0.3 is 0 Å². The molecule has 1 aromatic rings. The summed E-state index contributed by atoms with van der Waals surface area (Å²) >= 11 is 1.30. The largest absolute Gasteiger partial charge is 0.289 e. The quantitative estimate of drug-likeness (QED) is 0.357. The molecule has 3 rings (SSSR count). The lowest BCUT2D eigenvalue weighted by atomic mass is 10.2. The van der Waals surface area contributed by atoms with E-state index in [9.17, 15) is 14.4 Å². The Bertz CT molecular complexity index is 575. The van der Waals surface area contributed by atoms with Gasteiger partial charge in [0.05, 0.1) is 23.3 Å². The maximum atomic E-state index is 11.9. The molecule has 2 unspecified atom stereocenters. The van der Waals surface area contributed by atoms with Crippen LogP contribution in [0.2, 0.25) is 0 Å². The molecule has 2 fully saturated rings. The fraction of sp³-hybridized carbons (Fsp3) is 0.417. The number of carbonyl (C=O) groups is 3. The predicted molar refractivity (Wildman–Crippen MR) is 67.9 cm³/mol. The van der Waals surface area contributed by atoms with Crippen LogP contribution in [0.25, 0.3) is 0 Å². The van der Waals surface area contributed by atoms with E-state index in [0.717, 1.165) is 10.4 Å². The first-order chi connectivity index (χ1) is 9.02. The third-order valence-electron chi connectivity index (χ3n) is 3.66. The van der Waals surface area contributed by atoms with E-state index < -0.39 is 0 Å². The molecule has 7 heteroatoms. The standard InChI is InChI=1S/C12H13N3O3S/c1-5-6(2-9(19-5)10(16)14-13)4-15-11(17)7-3-8(7)12(15)18/h2,7-8H,3-4,13H2,1H3,(H,14,16). The molecule has 1 aliphatic heterocycles. The van der Waals surface area contributed by atoms with Gasteiger partial charge in [-0.25, -0.2) is 5.84 Å². The molecule has 0 bridgehead atoms. The molecule has 2 aliphatic rings. The smallest absolute Gasteiger partial charge is 0.275 e. The highest BCUT2D eigenvalue weighted by Gasteiger charge is 2.58. The van der Waals surface area contributed by atoms with Crippen LogP contribution in [0, 0.1) is 18.8 Å². The number of rotatable bonds is 3. The lowest BCUT2D eigenvalue weighted by molar-refractivity contribution is -0.142. The second kappa shape index (κ2) is 4.14. The second-order valence-electron chi connectivity index (χ2n) is 4.88. The lowest BCUT2D eigenvalue weighted by Gasteiger charge is -2.15. The van der Waals surface area contributed by atoms with Crippen LogP contribution in [0.4, 0.5) is 0 Å². The van der Waals surface area contributed by atoms with Crippen molar-refractivity contribution >= 4 is 29.1 Å². The Hall–Kier alpha value is -1.73. The monoisotopic (exact) mass is 279 g/mol. The molecule has 100 valence electrons. The number of carbonyl (C=O) groups excluding carboxylic acids is 3. The Morgan fingerprint density at radius 2 is 2.11 bits per heavy atom. The zero-order valence-electron chi connectivity index (χ0n) is 10.3. The Kier molecular flexibility index (Phi) is 2.68. The highest BCUT2D eigenvalue weighted by molar-refractivity contribution is 7.14. The van der Waals surface area contributed by atoms with Crippen molar-refractivity contribution in [2.45, 2.75) is 19.9 Å². The minimum atomic E-state index is -0.360. The van der Waals surface area contributed by atoms with Gasteiger partial charge in [0.25, 0.3) is 5.91 Å². The molecule has 1 saturated carbocycles. The minimum absolute atomic E-state index is 0.0783. The summed E-state index contributed by atoms with van der Waals surface area (Å²) in [6.45, 7) is 2.11. The molecule has 1 aliphatic carbocycles. The summed E-state index contributed by atoms with van der Waals surface area (Å²) in [6.07, 6.45) is 0.706. The third kappa shape index (κ3) is 1.85. The van der Waals surface area contributed by atoms with E-state index in [1.165, 1.54) is 16.2 Å². The predicted octanol–water partition coefficient (Wildman–Crippen LogP) is 0.165. The SMILES string of the molecule is Cc1sc(C(=O)NN)cc1CN1C(=O)C2CC2C1=O. The molecule has 0 spiro atoms. The summed E-state index contributed by atoms with van der Waals surface area (Å²) in [6, 6.07) is 1.69. The molecular weight excluding hydrogens is 266 g/mol. The minimum Gasteiger partial charge on any atom is -0.289 e. The van der Waals surface area contributed by atoms with Crippen LogP contribution in [-0.2, 0) is 16.1 Å². The van der Waals surface area contributed by atoms with Gasteiger partial charge in [-0.15, -0.1) is 11.3 Å².